The molecule has 5 nitrogen and oxygen atoms in total. The van der Waals surface area contributed by atoms with Crippen molar-refractivity contribution in [2.45, 2.75) is 35.8 Å². The van der Waals surface area contributed by atoms with Crippen LogP contribution in [-0.2, 0) is 11.2 Å². The molecule has 1 fully saturated rings. The molecule has 0 atom stereocenters. The Morgan fingerprint density at radius 1 is 1.29 bits per heavy atom. The maximum absolute atomic E-state index is 12.5. The molecule has 126 valence electrons. The number of nitrogens with one attached hydrogen (secondary N) is 1. The Bertz CT molecular complexity index is 750. The second-order valence-electron chi connectivity index (χ2n) is 6.07. The third-order valence-electron chi connectivity index (χ3n) is 4.05. The minimum Gasteiger partial charge on any atom is -0.481 e. The summed E-state index contributed by atoms with van der Waals surface area (Å²) in [6, 6.07) is 10.1. The van der Waals surface area contributed by atoms with Crippen LogP contribution in [0.4, 0.5) is 0 Å². The number of carbonyl (C=O) groups is 2. The summed E-state index contributed by atoms with van der Waals surface area (Å²) in [6.45, 7) is 2.30. The van der Waals surface area contributed by atoms with Gasteiger partial charge in [-0.15, -0.1) is 11.8 Å². The van der Waals surface area contributed by atoms with Crippen LogP contribution in [0.15, 0.2) is 45.9 Å². The van der Waals surface area contributed by atoms with Crippen molar-refractivity contribution in [3.63, 3.8) is 0 Å². The van der Waals surface area contributed by atoms with E-state index in [2.05, 4.69) is 17.4 Å². The summed E-state index contributed by atoms with van der Waals surface area (Å²) >= 11 is 1.78. The zero-order valence-corrected chi connectivity index (χ0v) is 14.2. The first-order valence-electron chi connectivity index (χ1n) is 7.80. The first kappa shape index (κ1) is 16.6. The fourth-order valence-electron chi connectivity index (χ4n) is 2.59. The second-order valence-corrected chi connectivity index (χ2v) is 7.61. The highest BCUT2D eigenvalue weighted by atomic mass is 32.2. The van der Waals surface area contributed by atoms with Crippen LogP contribution in [-0.4, -0.2) is 28.3 Å². The molecule has 0 unspecified atom stereocenters. The Balaban J connectivity index is 1.64. The van der Waals surface area contributed by atoms with E-state index in [9.17, 15) is 9.59 Å². The summed E-state index contributed by atoms with van der Waals surface area (Å²) < 4.78 is 5.27. The van der Waals surface area contributed by atoms with Crippen molar-refractivity contribution in [1.82, 2.24) is 5.32 Å². The summed E-state index contributed by atoms with van der Waals surface area (Å²) in [5.74, 6) is -1.08. The highest BCUT2D eigenvalue weighted by molar-refractivity contribution is 8.01. The molecule has 1 saturated carbocycles. The first-order valence-corrected chi connectivity index (χ1v) is 8.62. The van der Waals surface area contributed by atoms with Crippen LogP contribution < -0.4 is 5.32 Å². The molecular weight excluding hydrogens is 326 g/mol. The molecule has 24 heavy (non-hydrogen) atoms. The normalized spacial score (nSPS) is 15.0. The molecule has 6 heteroatoms. The lowest BCUT2D eigenvalue weighted by molar-refractivity contribution is -0.136. The van der Waals surface area contributed by atoms with Gasteiger partial charge in [0.2, 0.25) is 0 Å². The second kappa shape index (κ2) is 6.73. The summed E-state index contributed by atoms with van der Waals surface area (Å²) in [5.41, 5.74) is 1.00. The minimum absolute atomic E-state index is 0.0433. The molecule has 2 N–H and O–H groups in total. The van der Waals surface area contributed by atoms with Gasteiger partial charge in [0, 0.05) is 21.8 Å². The molecule has 2 aromatic rings. The molecule has 0 bridgehead atoms. The Labute approximate surface area is 144 Å². The highest BCUT2D eigenvalue weighted by Crippen LogP contribution is 2.51. The van der Waals surface area contributed by atoms with Gasteiger partial charge in [-0.25, -0.2) is 0 Å². The van der Waals surface area contributed by atoms with Gasteiger partial charge >= 0.3 is 5.97 Å². The number of rotatable bonds is 7. The zero-order chi connectivity index (χ0) is 17.2. The van der Waals surface area contributed by atoms with Gasteiger partial charge in [-0.1, -0.05) is 18.2 Å². The van der Waals surface area contributed by atoms with Crippen LogP contribution in [0.5, 0.6) is 0 Å². The lowest BCUT2D eigenvalue weighted by Gasteiger charge is -2.16. The van der Waals surface area contributed by atoms with E-state index in [4.69, 9.17) is 9.52 Å². The molecule has 3 rings (SSSR count). The van der Waals surface area contributed by atoms with Crippen LogP contribution >= 0.6 is 11.8 Å². The molecule has 1 aromatic carbocycles. The number of carboxylic acid groups (broad SMARTS) is 1. The number of furan rings is 1. The molecule has 1 amide bonds. The van der Waals surface area contributed by atoms with Crippen molar-refractivity contribution in [3.05, 3.63) is 53.5 Å². The number of carboxylic acids is 1. The van der Waals surface area contributed by atoms with Crippen molar-refractivity contribution < 1.29 is 19.1 Å². The Kier molecular flexibility index (Phi) is 4.66. The highest BCUT2D eigenvalue weighted by Gasteiger charge is 2.44. The van der Waals surface area contributed by atoms with Gasteiger partial charge in [0.25, 0.3) is 5.91 Å². The number of amides is 1. The van der Waals surface area contributed by atoms with E-state index >= 15 is 0 Å². The van der Waals surface area contributed by atoms with Gasteiger partial charge < -0.3 is 14.8 Å². The van der Waals surface area contributed by atoms with Gasteiger partial charge in [0.15, 0.2) is 0 Å². The minimum atomic E-state index is -1.02. The Hall–Kier alpha value is -2.21. The molecule has 0 spiro atoms. The van der Waals surface area contributed by atoms with Crippen molar-refractivity contribution in [2.75, 3.05) is 6.54 Å². The van der Waals surface area contributed by atoms with Gasteiger partial charge in [0.05, 0.1) is 11.8 Å². The number of aryl methyl sites for hydroxylation is 1. The molecule has 0 saturated heterocycles. The van der Waals surface area contributed by atoms with Crippen LogP contribution in [0.2, 0.25) is 0 Å². The molecule has 1 aliphatic rings. The van der Waals surface area contributed by atoms with Gasteiger partial charge in [-0.3, -0.25) is 9.59 Å². The predicted octanol–water partition coefficient (Wildman–Crippen LogP) is 3.27. The fraction of sp³-hybridized carbons (Fsp3) is 0.333. The number of benzene rings is 1. The van der Waals surface area contributed by atoms with E-state index in [1.165, 1.54) is 11.2 Å². The monoisotopic (exact) mass is 345 g/mol. The number of hydrogen-bond donors (Lipinski definition) is 2. The van der Waals surface area contributed by atoms with E-state index in [0.717, 1.165) is 12.8 Å². The number of aliphatic carboxylic acids is 1. The molecular formula is C18H19NO4S. The number of thioether (sulfide) groups is 1. The molecule has 1 heterocycles. The first-order chi connectivity index (χ1) is 11.5. The zero-order valence-electron chi connectivity index (χ0n) is 13.4. The molecule has 1 aromatic heterocycles. The van der Waals surface area contributed by atoms with Crippen LogP contribution in [0.3, 0.4) is 0 Å². The summed E-state index contributed by atoms with van der Waals surface area (Å²) in [6.07, 6.45) is 3.25. The predicted molar refractivity (Wildman–Crippen MR) is 91.4 cm³/mol. The van der Waals surface area contributed by atoms with E-state index in [-0.39, 0.29) is 22.8 Å². The van der Waals surface area contributed by atoms with E-state index < -0.39 is 5.97 Å². The lowest BCUT2D eigenvalue weighted by atomic mass is 10.1. The fourth-order valence-corrected chi connectivity index (χ4v) is 3.84. The smallest absolute Gasteiger partial charge is 0.311 e. The third-order valence-corrected chi connectivity index (χ3v) is 5.54. The van der Waals surface area contributed by atoms with Crippen molar-refractivity contribution in [2.24, 2.45) is 0 Å². The number of hydrogen-bond acceptors (Lipinski definition) is 4. The maximum atomic E-state index is 12.5. The maximum Gasteiger partial charge on any atom is 0.311 e. The lowest BCUT2D eigenvalue weighted by Crippen LogP contribution is -2.32. The SMILES string of the molecule is Cc1coc(CC(=O)O)c1C(=O)NCC1(Sc2ccccc2)CC1. The Morgan fingerprint density at radius 3 is 2.62 bits per heavy atom. The van der Waals surface area contributed by atoms with Crippen LogP contribution in [0.25, 0.3) is 0 Å². The van der Waals surface area contributed by atoms with Gasteiger partial charge in [0.1, 0.15) is 12.2 Å². The third kappa shape index (κ3) is 3.82. The average molecular weight is 345 g/mol. The van der Waals surface area contributed by atoms with Crippen molar-refractivity contribution in [1.29, 1.82) is 0 Å². The van der Waals surface area contributed by atoms with E-state index in [1.807, 2.05) is 18.2 Å². The average Bonchev–Trinajstić information content (AvgIpc) is 3.22. The molecule has 1 aliphatic carbocycles. The molecule has 0 radical (unpaired) electrons. The summed E-state index contributed by atoms with van der Waals surface area (Å²) in [4.78, 5) is 24.6. The van der Waals surface area contributed by atoms with E-state index in [1.54, 1.807) is 18.7 Å². The topological polar surface area (TPSA) is 79.5 Å². The van der Waals surface area contributed by atoms with Crippen molar-refractivity contribution in [3.8, 4) is 0 Å². The van der Waals surface area contributed by atoms with Crippen LogP contribution in [0.1, 0.15) is 34.5 Å². The van der Waals surface area contributed by atoms with Crippen LogP contribution in [0, 0.1) is 6.92 Å². The largest absolute Gasteiger partial charge is 0.481 e. The van der Waals surface area contributed by atoms with Crippen molar-refractivity contribution >= 4 is 23.6 Å². The summed E-state index contributed by atoms with van der Waals surface area (Å²) in [7, 11) is 0. The van der Waals surface area contributed by atoms with Gasteiger partial charge in [-0.05, 0) is 31.9 Å². The van der Waals surface area contributed by atoms with Gasteiger partial charge in [-0.2, -0.15) is 0 Å². The summed E-state index contributed by atoms with van der Waals surface area (Å²) in [5, 5.41) is 11.9. The molecule has 0 aliphatic heterocycles. The Morgan fingerprint density at radius 2 is 2.00 bits per heavy atom. The quantitative estimate of drug-likeness (QED) is 0.805. The van der Waals surface area contributed by atoms with E-state index in [0.29, 0.717) is 17.7 Å². The standard InChI is InChI=1S/C18H19NO4S/c1-12-10-23-14(9-15(20)21)16(12)17(22)19-11-18(7-8-18)24-13-5-3-2-4-6-13/h2-6,10H,7-9,11H2,1H3,(H,19,22)(H,20,21). The number of carbonyl (C=O) groups excluding carboxylic acids is 1.